The molecule has 0 spiro atoms. The first-order valence-electron chi connectivity index (χ1n) is 17.6. The number of hydrogen-bond donors (Lipinski definition) is 0. The molecule has 0 aliphatic heterocycles. The lowest BCUT2D eigenvalue weighted by Crippen LogP contribution is -2.14. The van der Waals surface area contributed by atoms with Gasteiger partial charge in [0.2, 0.25) is 0 Å². The number of para-hydroxylation sites is 1. The van der Waals surface area contributed by atoms with Crippen LogP contribution in [0.25, 0.3) is 55.7 Å². The van der Waals surface area contributed by atoms with E-state index in [1.54, 1.807) is 0 Å². The lowest BCUT2D eigenvalue weighted by molar-refractivity contribution is 0.482. The second kappa shape index (κ2) is 12.4. The zero-order chi connectivity index (χ0) is 35.3. The number of hydrogen-bond acceptors (Lipinski definition) is 3. The average Bonchev–Trinajstić information content (AvgIpc) is 3.70. The number of rotatable bonds is 6. The van der Waals surface area contributed by atoms with Gasteiger partial charge in [-0.25, -0.2) is 9.67 Å². The first-order chi connectivity index (χ1) is 24.6. The third kappa shape index (κ3) is 5.99. The molecule has 0 fully saturated rings. The van der Waals surface area contributed by atoms with E-state index in [9.17, 15) is 0 Å². The van der Waals surface area contributed by atoms with Gasteiger partial charge < -0.3 is 4.74 Å². The van der Waals surface area contributed by atoms with Crippen molar-refractivity contribution < 1.29 is 4.74 Å². The van der Waals surface area contributed by atoms with Gasteiger partial charge in [-0.15, -0.1) is 0 Å². The van der Waals surface area contributed by atoms with E-state index in [1.807, 2.05) is 18.3 Å². The molecule has 0 aliphatic rings. The third-order valence-electron chi connectivity index (χ3n) is 9.49. The molecule has 0 atom stereocenters. The highest BCUT2D eigenvalue weighted by Crippen LogP contribution is 2.42. The van der Waals surface area contributed by atoms with Crippen molar-refractivity contribution in [3.63, 3.8) is 0 Å². The molecule has 0 unspecified atom stereocenters. The molecule has 0 amide bonds. The predicted molar refractivity (Wildman–Crippen MR) is 210 cm³/mol. The van der Waals surface area contributed by atoms with Crippen molar-refractivity contribution in [1.82, 2.24) is 19.3 Å². The van der Waals surface area contributed by atoms with Gasteiger partial charge in [-0.1, -0.05) is 126 Å². The fourth-order valence-corrected chi connectivity index (χ4v) is 6.95. The summed E-state index contributed by atoms with van der Waals surface area (Å²) in [5.74, 6) is 2.37. The van der Waals surface area contributed by atoms with Gasteiger partial charge in [0.15, 0.2) is 0 Å². The maximum absolute atomic E-state index is 6.67. The van der Waals surface area contributed by atoms with Crippen LogP contribution in [0.4, 0.5) is 0 Å². The van der Waals surface area contributed by atoms with Gasteiger partial charge in [0, 0.05) is 45.6 Å². The molecule has 3 aromatic heterocycles. The highest BCUT2D eigenvalue weighted by atomic mass is 16.5. The molecule has 8 aromatic rings. The van der Waals surface area contributed by atoms with Gasteiger partial charge in [-0.3, -0.25) is 4.57 Å². The van der Waals surface area contributed by atoms with Crippen LogP contribution in [0.3, 0.4) is 0 Å². The molecule has 0 saturated heterocycles. The Labute approximate surface area is 299 Å². The SMILES string of the molecule is CC(C)(C)c1ccnc(-n2c3ccccc3c3ccc(Oc4cccc(-n5nc(C(C)(C)C)c(-c6ccccc6)c5-c5ccccc5)c4)cc32)c1. The van der Waals surface area contributed by atoms with Crippen LogP contribution in [0.1, 0.15) is 52.8 Å². The molecule has 3 heterocycles. The van der Waals surface area contributed by atoms with Crippen LogP contribution in [0, 0.1) is 0 Å². The quantitative estimate of drug-likeness (QED) is 0.177. The Morgan fingerprint density at radius 1 is 0.549 bits per heavy atom. The molecule has 0 bridgehead atoms. The summed E-state index contributed by atoms with van der Waals surface area (Å²) in [7, 11) is 0. The molecule has 5 aromatic carbocycles. The summed E-state index contributed by atoms with van der Waals surface area (Å²) in [6, 6.07) is 48.5. The Morgan fingerprint density at radius 2 is 1.22 bits per heavy atom. The minimum absolute atomic E-state index is 0.000194. The first-order valence-corrected chi connectivity index (χ1v) is 17.6. The summed E-state index contributed by atoms with van der Waals surface area (Å²) < 4.78 is 11.0. The molecule has 51 heavy (non-hydrogen) atoms. The number of aromatic nitrogens is 4. The zero-order valence-electron chi connectivity index (χ0n) is 30.1. The standard InChI is InChI=1S/C46H42N4O/c1-45(2,3)33-26-27-47-41(28-33)49-39-23-14-13-22-37(39)38-25-24-36(30-40(38)49)51-35-21-15-20-34(29-35)50-43(32-18-11-8-12-19-32)42(31-16-9-7-10-17-31)44(48-50)46(4,5)6/h7-30H,1-6H3. The lowest BCUT2D eigenvalue weighted by Gasteiger charge is -2.20. The van der Waals surface area contributed by atoms with Gasteiger partial charge in [-0.05, 0) is 59.0 Å². The Kier molecular flexibility index (Phi) is 7.87. The average molecular weight is 667 g/mol. The van der Waals surface area contributed by atoms with Crippen LogP contribution in [0.5, 0.6) is 11.5 Å². The van der Waals surface area contributed by atoms with Crippen LogP contribution in [-0.4, -0.2) is 19.3 Å². The normalized spacial score (nSPS) is 12.1. The van der Waals surface area contributed by atoms with Crippen LogP contribution in [-0.2, 0) is 10.8 Å². The van der Waals surface area contributed by atoms with E-state index in [2.05, 4.69) is 178 Å². The van der Waals surface area contributed by atoms with Crippen LogP contribution < -0.4 is 4.74 Å². The maximum Gasteiger partial charge on any atom is 0.137 e. The smallest absolute Gasteiger partial charge is 0.137 e. The molecule has 8 rings (SSSR count). The van der Waals surface area contributed by atoms with Crippen molar-refractivity contribution >= 4 is 21.8 Å². The van der Waals surface area contributed by atoms with E-state index in [0.29, 0.717) is 0 Å². The number of pyridine rings is 1. The Hall–Kier alpha value is -5.94. The highest BCUT2D eigenvalue weighted by Gasteiger charge is 2.29. The molecule has 5 heteroatoms. The van der Waals surface area contributed by atoms with E-state index >= 15 is 0 Å². The van der Waals surface area contributed by atoms with Crippen LogP contribution in [0.15, 0.2) is 146 Å². The molecule has 252 valence electrons. The van der Waals surface area contributed by atoms with Crippen molar-refractivity contribution in [2.45, 2.75) is 52.4 Å². The Bertz CT molecular complexity index is 2510. The van der Waals surface area contributed by atoms with Crippen molar-refractivity contribution in [3.8, 4) is 45.4 Å². The number of ether oxygens (including phenoxy) is 1. The second-order valence-electron chi connectivity index (χ2n) is 15.2. The largest absolute Gasteiger partial charge is 0.457 e. The number of nitrogens with zero attached hydrogens (tertiary/aromatic N) is 4. The van der Waals surface area contributed by atoms with Crippen molar-refractivity contribution in [2.24, 2.45) is 0 Å². The topological polar surface area (TPSA) is 44.9 Å². The molecule has 0 N–H and O–H groups in total. The maximum atomic E-state index is 6.67. The fourth-order valence-electron chi connectivity index (χ4n) is 6.95. The number of fused-ring (bicyclic) bond motifs is 3. The molecule has 0 saturated carbocycles. The Morgan fingerprint density at radius 3 is 1.94 bits per heavy atom. The third-order valence-corrected chi connectivity index (χ3v) is 9.49. The molecule has 5 nitrogen and oxygen atoms in total. The minimum Gasteiger partial charge on any atom is -0.457 e. The molecular formula is C46H42N4O. The van der Waals surface area contributed by atoms with E-state index < -0.39 is 0 Å². The van der Waals surface area contributed by atoms with Gasteiger partial charge in [0.1, 0.15) is 17.3 Å². The fraction of sp³-hybridized carbons (Fsp3) is 0.174. The van der Waals surface area contributed by atoms with Crippen molar-refractivity contribution in [1.29, 1.82) is 0 Å². The van der Waals surface area contributed by atoms with Crippen LogP contribution in [0.2, 0.25) is 0 Å². The Balaban J connectivity index is 1.25. The zero-order valence-corrected chi connectivity index (χ0v) is 30.1. The molecule has 0 radical (unpaired) electrons. The van der Waals surface area contributed by atoms with Crippen LogP contribution >= 0.6 is 0 Å². The predicted octanol–water partition coefficient (Wildman–Crippen LogP) is 12.1. The summed E-state index contributed by atoms with van der Waals surface area (Å²) >= 11 is 0. The summed E-state index contributed by atoms with van der Waals surface area (Å²) in [6.07, 6.45) is 1.91. The van der Waals surface area contributed by atoms with E-state index in [4.69, 9.17) is 14.8 Å². The summed E-state index contributed by atoms with van der Waals surface area (Å²) in [5.41, 5.74) is 9.62. The monoisotopic (exact) mass is 666 g/mol. The summed E-state index contributed by atoms with van der Waals surface area (Å²) in [5, 5.41) is 7.67. The highest BCUT2D eigenvalue weighted by molar-refractivity contribution is 6.09. The summed E-state index contributed by atoms with van der Waals surface area (Å²) in [6.45, 7) is 13.4. The van der Waals surface area contributed by atoms with Crippen molar-refractivity contribution in [3.05, 3.63) is 157 Å². The summed E-state index contributed by atoms with van der Waals surface area (Å²) in [4.78, 5) is 4.85. The van der Waals surface area contributed by atoms with E-state index in [0.717, 1.165) is 67.5 Å². The van der Waals surface area contributed by atoms with E-state index in [-0.39, 0.29) is 10.8 Å². The second-order valence-corrected chi connectivity index (χ2v) is 15.2. The minimum atomic E-state index is -0.191. The van der Waals surface area contributed by atoms with Gasteiger partial charge in [0.05, 0.1) is 28.1 Å². The van der Waals surface area contributed by atoms with Gasteiger partial charge >= 0.3 is 0 Å². The lowest BCUT2D eigenvalue weighted by atomic mass is 9.85. The molecule has 0 aliphatic carbocycles. The van der Waals surface area contributed by atoms with Gasteiger partial charge in [0.25, 0.3) is 0 Å². The van der Waals surface area contributed by atoms with E-state index in [1.165, 1.54) is 10.9 Å². The van der Waals surface area contributed by atoms with Crippen molar-refractivity contribution in [2.75, 3.05) is 0 Å². The first kappa shape index (κ1) is 32.3. The molecular weight excluding hydrogens is 625 g/mol. The number of benzene rings is 5. The van der Waals surface area contributed by atoms with Gasteiger partial charge in [-0.2, -0.15) is 5.10 Å².